The van der Waals surface area contributed by atoms with Crippen molar-refractivity contribution in [1.29, 1.82) is 0 Å². The summed E-state index contributed by atoms with van der Waals surface area (Å²) in [7, 11) is -3.53. The molecule has 4 nitrogen and oxygen atoms in total. The molecule has 0 heterocycles. The molecule has 0 spiro atoms. The third-order valence-electron chi connectivity index (χ3n) is 3.50. The average Bonchev–Trinajstić information content (AvgIpc) is 3.24. The smallest absolute Gasteiger partial charge is 0.244 e. The maximum absolute atomic E-state index is 12.8. The van der Waals surface area contributed by atoms with Crippen molar-refractivity contribution >= 4 is 21.6 Å². The summed E-state index contributed by atoms with van der Waals surface area (Å²) in [6.07, 6.45) is 3.72. The van der Waals surface area contributed by atoms with Crippen molar-refractivity contribution in [3.63, 3.8) is 0 Å². The van der Waals surface area contributed by atoms with E-state index in [1.807, 2.05) is 0 Å². The van der Waals surface area contributed by atoms with Crippen molar-refractivity contribution < 1.29 is 8.42 Å². The SMILES string of the molecule is CCCCN(C1CC1)S(=O)(=O)c1cc(CN)ccc1Cl. The fraction of sp³-hybridized carbons (Fsp3) is 0.571. The quantitative estimate of drug-likeness (QED) is 0.841. The second kappa shape index (κ2) is 6.43. The molecule has 20 heavy (non-hydrogen) atoms. The first-order valence-corrected chi connectivity index (χ1v) is 8.82. The second-order valence-electron chi connectivity index (χ2n) is 5.17. The van der Waals surface area contributed by atoms with Crippen LogP contribution < -0.4 is 5.73 Å². The standard InChI is InChI=1S/C14H21ClN2O2S/c1-2-3-8-17(12-5-6-12)20(18,19)14-9-11(10-16)4-7-13(14)15/h4,7,9,12H,2-3,5-6,8,10,16H2,1H3. The molecule has 0 aliphatic heterocycles. The van der Waals surface area contributed by atoms with E-state index in [1.54, 1.807) is 22.5 Å². The molecule has 0 saturated heterocycles. The molecule has 1 fully saturated rings. The van der Waals surface area contributed by atoms with E-state index < -0.39 is 10.0 Å². The van der Waals surface area contributed by atoms with Gasteiger partial charge < -0.3 is 5.73 Å². The van der Waals surface area contributed by atoms with Crippen molar-refractivity contribution in [1.82, 2.24) is 4.31 Å². The molecule has 6 heteroatoms. The molecule has 1 aromatic rings. The lowest BCUT2D eigenvalue weighted by molar-refractivity contribution is 0.395. The minimum Gasteiger partial charge on any atom is -0.326 e. The summed E-state index contributed by atoms with van der Waals surface area (Å²) in [6, 6.07) is 5.11. The van der Waals surface area contributed by atoms with Crippen LogP contribution in [0.25, 0.3) is 0 Å². The topological polar surface area (TPSA) is 63.4 Å². The van der Waals surface area contributed by atoms with Gasteiger partial charge >= 0.3 is 0 Å². The zero-order valence-corrected chi connectivity index (χ0v) is 13.3. The van der Waals surface area contributed by atoms with Gasteiger partial charge in [-0.05, 0) is 37.0 Å². The average molecular weight is 317 g/mol. The fourth-order valence-corrected chi connectivity index (χ4v) is 4.42. The molecular formula is C14H21ClN2O2S. The van der Waals surface area contributed by atoms with Crippen molar-refractivity contribution in [3.05, 3.63) is 28.8 Å². The van der Waals surface area contributed by atoms with Gasteiger partial charge in [-0.25, -0.2) is 8.42 Å². The first-order chi connectivity index (χ1) is 9.50. The molecule has 2 rings (SSSR count). The highest BCUT2D eigenvalue weighted by Gasteiger charge is 2.38. The summed E-state index contributed by atoms with van der Waals surface area (Å²) in [5.41, 5.74) is 6.37. The van der Waals surface area contributed by atoms with Crippen LogP contribution in [-0.2, 0) is 16.6 Å². The van der Waals surface area contributed by atoms with Crippen LogP contribution in [0.3, 0.4) is 0 Å². The van der Waals surface area contributed by atoms with Crippen LogP contribution in [0.15, 0.2) is 23.1 Å². The first kappa shape index (κ1) is 15.8. The number of benzene rings is 1. The zero-order valence-electron chi connectivity index (χ0n) is 11.7. The molecule has 1 aliphatic carbocycles. The van der Waals surface area contributed by atoms with E-state index in [4.69, 9.17) is 17.3 Å². The number of halogens is 1. The summed E-state index contributed by atoms with van der Waals surface area (Å²) in [5.74, 6) is 0. The highest BCUT2D eigenvalue weighted by atomic mass is 35.5. The molecule has 1 aliphatic rings. The van der Waals surface area contributed by atoms with Gasteiger partial charge in [0.15, 0.2) is 0 Å². The van der Waals surface area contributed by atoms with Gasteiger partial charge in [0.2, 0.25) is 10.0 Å². The Hall–Kier alpha value is -0.620. The number of rotatable bonds is 7. The van der Waals surface area contributed by atoms with Crippen molar-refractivity contribution in [2.24, 2.45) is 5.73 Å². The van der Waals surface area contributed by atoms with Crippen molar-refractivity contribution in [2.75, 3.05) is 6.54 Å². The van der Waals surface area contributed by atoms with E-state index >= 15 is 0 Å². The Labute approximate surface area is 126 Å². The Balaban J connectivity index is 2.36. The van der Waals surface area contributed by atoms with Gasteiger partial charge in [0.05, 0.1) is 5.02 Å². The van der Waals surface area contributed by atoms with Gasteiger partial charge in [0.25, 0.3) is 0 Å². The highest BCUT2D eigenvalue weighted by molar-refractivity contribution is 7.89. The largest absolute Gasteiger partial charge is 0.326 e. The van der Waals surface area contributed by atoms with Gasteiger partial charge in [-0.1, -0.05) is 31.0 Å². The number of hydrogen-bond acceptors (Lipinski definition) is 3. The molecule has 0 amide bonds. The summed E-state index contributed by atoms with van der Waals surface area (Å²) in [4.78, 5) is 0.185. The van der Waals surface area contributed by atoms with Crippen LogP contribution in [-0.4, -0.2) is 25.3 Å². The normalized spacial score (nSPS) is 15.8. The lowest BCUT2D eigenvalue weighted by Crippen LogP contribution is -2.34. The zero-order chi connectivity index (χ0) is 14.8. The van der Waals surface area contributed by atoms with Gasteiger partial charge in [0.1, 0.15) is 4.90 Å². The van der Waals surface area contributed by atoms with Crippen molar-refractivity contribution in [2.45, 2.75) is 50.1 Å². The molecule has 0 atom stereocenters. The van der Waals surface area contributed by atoms with Crippen LogP contribution in [0.5, 0.6) is 0 Å². The van der Waals surface area contributed by atoms with Crippen LogP contribution >= 0.6 is 11.6 Å². The molecule has 0 bridgehead atoms. The molecule has 2 N–H and O–H groups in total. The lowest BCUT2D eigenvalue weighted by atomic mass is 10.2. The Morgan fingerprint density at radius 1 is 1.40 bits per heavy atom. The predicted octanol–water partition coefficient (Wildman–Crippen LogP) is 2.75. The van der Waals surface area contributed by atoms with Crippen molar-refractivity contribution in [3.8, 4) is 0 Å². The minimum atomic E-state index is -3.53. The van der Waals surface area contributed by atoms with Crippen LogP contribution in [0.2, 0.25) is 5.02 Å². The van der Waals surface area contributed by atoms with E-state index in [9.17, 15) is 8.42 Å². The molecule has 1 aromatic carbocycles. The molecule has 0 aromatic heterocycles. The summed E-state index contributed by atoms with van der Waals surface area (Å²) >= 11 is 6.09. The Bertz CT molecular complexity index is 571. The Morgan fingerprint density at radius 2 is 2.10 bits per heavy atom. The van der Waals surface area contributed by atoms with Gasteiger partial charge in [0, 0.05) is 19.1 Å². The minimum absolute atomic E-state index is 0.143. The third kappa shape index (κ3) is 3.34. The number of nitrogens with zero attached hydrogens (tertiary/aromatic N) is 1. The van der Waals surface area contributed by atoms with E-state index in [0.717, 1.165) is 31.2 Å². The third-order valence-corrected chi connectivity index (χ3v) is 5.94. The predicted molar refractivity (Wildman–Crippen MR) is 81.2 cm³/mol. The first-order valence-electron chi connectivity index (χ1n) is 7.01. The lowest BCUT2D eigenvalue weighted by Gasteiger charge is -2.22. The van der Waals surface area contributed by atoms with Gasteiger partial charge in [-0.3, -0.25) is 0 Å². The second-order valence-corrected chi connectivity index (χ2v) is 7.44. The summed E-state index contributed by atoms with van der Waals surface area (Å²) in [5, 5.41) is 0.268. The molecule has 112 valence electrons. The van der Waals surface area contributed by atoms with E-state index in [2.05, 4.69) is 6.92 Å². The Morgan fingerprint density at radius 3 is 2.65 bits per heavy atom. The highest BCUT2D eigenvalue weighted by Crippen LogP contribution is 2.34. The fourth-order valence-electron chi connectivity index (χ4n) is 2.17. The molecule has 0 radical (unpaired) electrons. The maximum Gasteiger partial charge on any atom is 0.244 e. The monoisotopic (exact) mass is 316 g/mol. The van der Waals surface area contributed by atoms with E-state index in [-0.39, 0.29) is 16.0 Å². The number of nitrogens with two attached hydrogens (primary N) is 1. The maximum atomic E-state index is 12.8. The molecular weight excluding hydrogens is 296 g/mol. The van der Waals surface area contributed by atoms with E-state index in [0.29, 0.717) is 13.1 Å². The van der Waals surface area contributed by atoms with Crippen LogP contribution in [0.4, 0.5) is 0 Å². The van der Waals surface area contributed by atoms with Crippen LogP contribution in [0.1, 0.15) is 38.2 Å². The van der Waals surface area contributed by atoms with E-state index in [1.165, 1.54) is 0 Å². The summed E-state index contributed by atoms with van der Waals surface area (Å²) < 4.78 is 27.2. The number of hydrogen-bond donors (Lipinski definition) is 1. The van der Waals surface area contributed by atoms with Gasteiger partial charge in [-0.2, -0.15) is 4.31 Å². The Kier molecular flexibility index (Phi) is 5.07. The number of unbranched alkanes of at least 4 members (excludes halogenated alkanes) is 1. The molecule has 0 unspecified atom stereocenters. The summed E-state index contributed by atoms with van der Waals surface area (Å²) in [6.45, 7) is 2.92. The van der Waals surface area contributed by atoms with Crippen LogP contribution in [0, 0.1) is 0 Å². The number of sulfonamides is 1. The van der Waals surface area contributed by atoms with Gasteiger partial charge in [-0.15, -0.1) is 0 Å². The molecule has 1 saturated carbocycles.